The molecule has 4 nitrogen and oxygen atoms in total. The van der Waals surface area contributed by atoms with Crippen LogP contribution in [0.4, 0.5) is 0 Å². The van der Waals surface area contributed by atoms with Crippen LogP contribution >= 0.6 is 15.9 Å². The van der Waals surface area contributed by atoms with Gasteiger partial charge in [0.25, 0.3) is 9.84 Å². The molecule has 0 saturated heterocycles. The van der Waals surface area contributed by atoms with E-state index in [4.69, 9.17) is 4.42 Å². The van der Waals surface area contributed by atoms with Gasteiger partial charge in [0.2, 0.25) is 0 Å². The van der Waals surface area contributed by atoms with Crippen molar-refractivity contribution in [2.24, 2.45) is 0 Å². The largest absolute Gasteiger partial charge is 0.421 e. The Balaban J connectivity index is 2.54. The minimum Gasteiger partial charge on any atom is -0.421 e. The van der Waals surface area contributed by atoms with Crippen molar-refractivity contribution in [1.29, 1.82) is 0 Å². The lowest BCUT2D eigenvalue weighted by molar-refractivity contribution is 0.414. The summed E-state index contributed by atoms with van der Waals surface area (Å²) in [6.45, 7) is 0. The van der Waals surface area contributed by atoms with E-state index in [1.165, 1.54) is 18.3 Å². The number of oxazole rings is 1. The standard InChI is InChI=1S/C9H6BrNO3S/c10-8-6-11-9(14-8)15(12,13)7-4-2-1-3-5-7/h1-6H. The van der Waals surface area contributed by atoms with Crippen LogP contribution in [-0.4, -0.2) is 13.4 Å². The highest BCUT2D eigenvalue weighted by Gasteiger charge is 2.22. The lowest BCUT2D eigenvalue weighted by Crippen LogP contribution is -2.01. The maximum absolute atomic E-state index is 11.9. The molecule has 0 spiro atoms. The van der Waals surface area contributed by atoms with Gasteiger partial charge in [-0.15, -0.1) is 0 Å². The molecule has 1 aromatic heterocycles. The lowest BCUT2D eigenvalue weighted by Gasteiger charge is -1.97. The van der Waals surface area contributed by atoms with Gasteiger partial charge in [0, 0.05) is 0 Å². The molecule has 2 aromatic rings. The van der Waals surface area contributed by atoms with Crippen molar-refractivity contribution in [2.75, 3.05) is 0 Å². The number of hydrogen-bond donors (Lipinski definition) is 0. The highest BCUT2D eigenvalue weighted by molar-refractivity contribution is 9.10. The second kappa shape index (κ2) is 3.79. The molecule has 0 amide bonds. The summed E-state index contributed by atoms with van der Waals surface area (Å²) >= 11 is 3.00. The zero-order valence-electron chi connectivity index (χ0n) is 7.42. The van der Waals surface area contributed by atoms with Crippen LogP contribution in [0.25, 0.3) is 0 Å². The van der Waals surface area contributed by atoms with Gasteiger partial charge in [-0.05, 0) is 28.1 Å². The molecular weight excluding hydrogens is 282 g/mol. The molecule has 1 aromatic carbocycles. The maximum atomic E-state index is 11.9. The Hall–Kier alpha value is -1.14. The summed E-state index contributed by atoms with van der Waals surface area (Å²) in [6, 6.07) is 8.01. The second-order valence-corrected chi connectivity index (χ2v) is 5.36. The Bertz CT molecular complexity index is 562. The number of hydrogen-bond acceptors (Lipinski definition) is 4. The highest BCUT2D eigenvalue weighted by Crippen LogP contribution is 2.21. The van der Waals surface area contributed by atoms with Crippen molar-refractivity contribution in [3.8, 4) is 0 Å². The minimum absolute atomic E-state index is 0.166. The van der Waals surface area contributed by atoms with E-state index in [0.717, 1.165) is 0 Å². The van der Waals surface area contributed by atoms with Gasteiger partial charge in [-0.25, -0.2) is 13.4 Å². The Morgan fingerprint density at radius 3 is 2.40 bits per heavy atom. The van der Waals surface area contributed by atoms with E-state index in [2.05, 4.69) is 20.9 Å². The number of nitrogens with zero attached hydrogens (tertiary/aromatic N) is 1. The minimum atomic E-state index is -3.63. The van der Waals surface area contributed by atoms with Crippen molar-refractivity contribution in [3.05, 3.63) is 41.2 Å². The van der Waals surface area contributed by atoms with Crippen molar-refractivity contribution < 1.29 is 12.8 Å². The predicted octanol–water partition coefficient (Wildman–Crippen LogP) is 2.27. The van der Waals surface area contributed by atoms with Crippen LogP contribution in [0.15, 0.2) is 55.7 Å². The smallest absolute Gasteiger partial charge is 0.320 e. The molecule has 0 aliphatic carbocycles. The van der Waals surface area contributed by atoms with E-state index in [9.17, 15) is 8.42 Å². The maximum Gasteiger partial charge on any atom is 0.320 e. The fraction of sp³-hybridized carbons (Fsp3) is 0. The van der Waals surface area contributed by atoms with Crippen LogP contribution in [0.2, 0.25) is 0 Å². The van der Waals surface area contributed by atoms with Crippen LogP contribution in [0.3, 0.4) is 0 Å². The van der Waals surface area contributed by atoms with E-state index in [-0.39, 0.29) is 14.8 Å². The molecular formula is C9H6BrNO3S. The number of benzene rings is 1. The molecule has 0 aliphatic heterocycles. The first-order valence-electron chi connectivity index (χ1n) is 4.02. The van der Waals surface area contributed by atoms with E-state index in [1.54, 1.807) is 18.2 Å². The van der Waals surface area contributed by atoms with Gasteiger partial charge < -0.3 is 4.42 Å². The Morgan fingerprint density at radius 1 is 1.20 bits per heavy atom. The zero-order valence-corrected chi connectivity index (χ0v) is 9.82. The van der Waals surface area contributed by atoms with Crippen LogP contribution in [0.1, 0.15) is 0 Å². The Morgan fingerprint density at radius 2 is 1.87 bits per heavy atom. The third-order valence-electron chi connectivity index (χ3n) is 1.74. The van der Waals surface area contributed by atoms with E-state index < -0.39 is 9.84 Å². The Labute approximate surface area is 95.0 Å². The Kier molecular flexibility index (Phi) is 2.62. The van der Waals surface area contributed by atoms with Crippen molar-refractivity contribution in [1.82, 2.24) is 4.98 Å². The SMILES string of the molecule is O=S(=O)(c1ccccc1)c1ncc(Br)o1. The summed E-state index contributed by atoms with van der Waals surface area (Å²) in [5, 5.41) is -0.305. The van der Waals surface area contributed by atoms with Gasteiger partial charge in [-0.2, -0.15) is 0 Å². The number of halogens is 1. The molecule has 0 saturated carbocycles. The molecule has 78 valence electrons. The summed E-state index contributed by atoms with van der Waals surface area (Å²) in [4.78, 5) is 3.83. The highest BCUT2D eigenvalue weighted by atomic mass is 79.9. The van der Waals surface area contributed by atoms with Gasteiger partial charge >= 0.3 is 5.22 Å². The van der Waals surface area contributed by atoms with E-state index in [0.29, 0.717) is 0 Å². The first kappa shape index (κ1) is 10.4. The summed E-state index contributed by atoms with van der Waals surface area (Å²) in [5.74, 6) is 0. The molecule has 6 heteroatoms. The normalized spacial score (nSPS) is 11.5. The fourth-order valence-corrected chi connectivity index (χ4v) is 2.54. The summed E-state index contributed by atoms with van der Waals surface area (Å²) in [6.07, 6.45) is 1.30. The average molecular weight is 288 g/mol. The first-order chi connectivity index (χ1) is 7.10. The monoisotopic (exact) mass is 287 g/mol. The van der Waals surface area contributed by atoms with Gasteiger partial charge in [0.15, 0.2) is 4.67 Å². The molecule has 0 unspecified atom stereocenters. The summed E-state index contributed by atoms with van der Waals surface area (Å²) in [5.41, 5.74) is 0. The molecule has 0 N–H and O–H groups in total. The van der Waals surface area contributed by atoms with E-state index >= 15 is 0 Å². The first-order valence-corrected chi connectivity index (χ1v) is 6.30. The molecule has 0 fully saturated rings. The number of sulfone groups is 1. The fourth-order valence-electron chi connectivity index (χ4n) is 1.06. The van der Waals surface area contributed by atoms with Gasteiger partial charge in [-0.1, -0.05) is 18.2 Å². The average Bonchev–Trinajstić information content (AvgIpc) is 2.67. The third kappa shape index (κ3) is 1.95. The van der Waals surface area contributed by atoms with Crippen LogP contribution in [0.5, 0.6) is 0 Å². The van der Waals surface area contributed by atoms with Gasteiger partial charge in [0.05, 0.1) is 11.1 Å². The second-order valence-electron chi connectivity index (χ2n) is 2.75. The molecule has 2 rings (SSSR count). The molecule has 0 radical (unpaired) electrons. The van der Waals surface area contributed by atoms with Crippen LogP contribution in [0, 0.1) is 0 Å². The summed E-state index contributed by atoms with van der Waals surface area (Å²) < 4.78 is 28.9. The molecule has 1 heterocycles. The molecule has 0 bridgehead atoms. The number of aromatic nitrogens is 1. The quantitative estimate of drug-likeness (QED) is 0.850. The van der Waals surface area contributed by atoms with E-state index in [1.807, 2.05) is 0 Å². The van der Waals surface area contributed by atoms with Crippen molar-refractivity contribution in [2.45, 2.75) is 10.1 Å². The molecule has 15 heavy (non-hydrogen) atoms. The van der Waals surface area contributed by atoms with Gasteiger partial charge in [0.1, 0.15) is 0 Å². The number of rotatable bonds is 2. The zero-order chi connectivity index (χ0) is 10.9. The van der Waals surface area contributed by atoms with Gasteiger partial charge in [-0.3, -0.25) is 0 Å². The third-order valence-corrected chi connectivity index (χ3v) is 3.65. The van der Waals surface area contributed by atoms with Crippen molar-refractivity contribution >= 4 is 25.8 Å². The molecule has 0 atom stereocenters. The van der Waals surface area contributed by atoms with Crippen LogP contribution < -0.4 is 0 Å². The predicted molar refractivity (Wildman–Crippen MR) is 56.1 cm³/mol. The molecule has 0 aliphatic rings. The van der Waals surface area contributed by atoms with Crippen LogP contribution in [-0.2, 0) is 9.84 Å². The lowest BCUT2D eigenvalue weighted by atomic mass is 10.4. The topological polar surface area (TPSA) is 60.2 Å². The summed E-state index contributed by atoms with van der Waals surface area (Å²) in [7, 11) is -3.63. The van der Waals surface area contributed by atoms with Crippen molar-refractivity contribution in [3.63, 3.8) is 0 Å².